The molecular weight excluding hydrogens is 662 g/mol. The monoisotopic (exact) mass is 703 g/mol. The lowest BCUT2D eigenvalue weighted by Gasteiger charge is -2.35. The molecule has 0 aromatic heterocycles. The van der Waals surface area contributed by atoms with Gasteiger partial charge in [-0.3, -0.25) is 13.9 Å². The molecule has 0 saturated carbocycles. The molecule has 0 bridgehead atoms. The van der Waals surface area contributed by atoms with Crippen molar-refractivity contribution in [2.24, 2.45) is 0 Å². The molecule has 4 rings (SSSR count). The average Bonchev–Trinajstić information content (AvgIpc) is 2.98. The zero-order valence-corrected chi connectivity index (χ0v) is 29.7. The van der Waals surface area contributed by atoms with Gasteiger partial charge in [0, 0.05) is 23.0 Å². The normalized spacial score (nSPS) is 12.3. The number of carbonyl (C=O) groups excluding carboxylic acids is 2. The lowest BCUT2D eigenvalue weighted by molar-refractivity contribution is -0.140. The van der Waals surface area contributed by atoms with Gasteiger partial charge in [0.15, 0.2) is 0 Å². The number of nitrogens with one attached hydrogen (secondary N) is 1. The molecule has 1 unspecified atom stereocenters. The van der Waals surface area contributed by atoms with Gasteiger partial charge in [0.05, 0.1) is 10.6 Å². The smallest absolute Gasteiger partial charge is 0.264 e. The molecular formula is C37H42BrN3O4S. The number of hydrogen-bond acceptors (Lipinski definition) is 4. The Balaban J connectivity index is 1.84. The fraction of sp³-hybridized carbons (Fsp3) is 0.297. The molecule has 0 aliphatic carbocycles. The third-order valence-corrected chi connectivity index (χ3v) is 9.79. The van der Waals surface area contributed by atoms with Crippen LogP contribution in [0.1, 0.15) is 48.6 Å². The minimum atomic E-state index is -4.17. The van der Waals surface area contributed by atoms with Crippen molar-refractivity contribution in [1.29, 1.82) is 0 Å². The number of halogens is 1. The fourth-order valence-corrected chi connectivity index (χ4v) is 7.20. The molecule has 0 saturated heterocycles. The maximum atomic E-state index is 14.7. The van der Waals surface area contributed by atoms with Crippen molar-refractivity contribution >= 4 is 43.5 Å². The Labute approximate surface area is 281 Å². The first-order valence-electron chi connectivity index (χ1n) is 15.2. The van der Waals surface area contributed by atoms with E-state index in [9.17, 15) is 18.0 Å². The van der Waals surface area contributed by atoms with Gasteiger partial charge in [0.25, 0.3) is 10.0 Å². The van der Waals surface area contributed by atoms with E-state index >= 15 is 0 Å². The highest BCUT2D eigenvalue weighted by Crippen LogP contribution is 2.29. The summed E-state index contributed by atoms with van der Waals surface area (Å²) in [6.45, 7) is 10.9. The average molecular weight is 705 g/mol. The Kier molecular flexibility index (Phi) is 11.1. The Bertz CT molecular complexity index is 1790. The number of carbonyl (C=O) groups is 2. The Hall–Kier alpha value is -3.95. The van der Waals surface area contributed by atoms with Gasteiger partial charge in [-0.15, -0.1) is 0 Å². The van der Waals surface area contributed by atoms with Crippen LogP contribution in [0.25, 0.3) is 0 Å². The number of aryl methyl sites for hydroxylation is 3. The predicted octanol–water partition coefficient (Wildman–Crippen LogP) is 7.12. The number of benzene rings is 4. The molecule has 4 aromatic rings. The fourth-order valence-electron chi connectivity index (χ4n) is 5.27. The molecule has 0 spiro atoms. The second-order valence-corrected chi connectivity index (χ2v) is 15.5. The van der Waals surface area contributed by atoms with Crippen molar-refractivity contribution < 1.29 is 18.0 Å². The maximum Gasteiger partial charge on any atom is 0.264 e. The van der Waals surface area contributed by atoms with E-state index in [1.54, 1.807) is 30.3 Å². The van der Waals surface area contributed by atoms with Gasteiger partial charge < -0.3 is 10.2 Å². The van der Waals surface area contributed by atoms with Crippen LogP contribution in [0.5, 0.6) is 0 Å². The quantitative estimate of drug-likeness (QED) is 0.180. The standard InChI is InChI=1S/C37H42BrN3O4S/c1-26-15-18-32(19-16-26)46(44,45)41(33-20-17-27(2)21-28(33)3)25-35(42)40(24-30-13-10-14-31(38)22-30)34(36(43)39-37(4,5)6)23-29-11-8-7-9-12-29/h7-22,34H,23-25H2,1-6H3,(H,39,43). The lowest BCUT2D eigenvalue weighted by Crippen LogP contribution is -2.56. The Morgan fingerprint density at radius 1 is 0.804 bits per heavy atom. The van der Waals surface area contributed by atoms with E-state index < -0.39 is 34.1 Å². The number of rotatable bonds is 11. The molecule has 1 atom stereocenters. The molecule has 0 aliphatic rings. The largest absolute Gasteiger partial charge is 0.350 e. The topological polar surface area (TPSA) is 86.8 Å². The Morgan fingerprint density at radius 2 is 1.43 bits per heavy atom. The van der Waals surface area contributed by atoms with Gasteiger partial charge in [-0.25, -0.2) is 8.42 Å². The van der Waals surface area contributed by atoms with Crippen molar-refractivity contribution in [1.82, 2.24) is 10.2 Å². The van der Waals surface area contributed by atoms with Gasteiger partial charge in [0.1, 0.15) is 12.6 Å². The second kappa shape index (κ2) is 14.6. The summed E-state index contributed by atoms with van der Waals surface area (Å²) in [4.78, 5) is 30.3. The number of anilines is 1. The highest BCUT2D eigenvalue weighted by molar-refractivity contribution is 9.10. The van der Waals surface area contributed by atoms with Crippen LogP contribution in [-0.4, -0.2) is 43.3 Å². The first-order chi connectivity index (χ1) is 21.6. The summed E-state index contributed by atoms with van der Waals surface area (Å²) in [6.07, 6.45) is 0.247. The van der Waals surface area contributed by atoms with Gasteiger partial charge in [0.2, 0.25) is 11.8 Å². The number of nitrogens with zero attached hydrogens (tertiary/aromatic N) is 2. The summed E-state index contributed by atoms with van der Waals surface area (Å²) in [7, 11) is -4.17. The van der Waals surface area contributed by atoms with Gasteiger partial charge in [-0.2, -0.15) is 0 Å². The van der Waals surface area contributed by atoms with Crippen molar-refractivity contribution in [3.63, 3.8) is 0 Å². The molecule has 242 valence electrons. The summed E-state index contributed by atoms with van der Waals surface area (Å²) >= 11 is 3.52. The minimum Gasteiger partial charge on any atom is -0.350 e. The van der Waals surface area contributed by atoms with Crippen LogP contribution in [0, 0.1) is 20.8 Å². The summed E-state index contributed by atoms with van der Waals surface area (Å²) in [6, 6.07) is 28.2. The van der Waals surface area contributed by atoms with Crippen molar-refractivity contribution in [3.05, 3.63) is 129 Å². The van der Waals surface area contributed by atoms with Gasteiger partial charge in [-0.1, -0.05) is 93.8 Å². The van der Waals surface area contributed by atoms with Crippen LogP contribution in [0.3, 0.4) is 0 Å². The number of hydrogen-bond donors (Lipinski definition) is 1. The van der Waals surface area contributed by atoms with Crippen molar-refractivity contribution in [3.8, 4) is 0 Å². The molecule has 7 nitrogen and oxygen atoms in total. The molecule has 0 fully saturated rings. The molecule has 0 aliphatic heterocycles. The van der Waals surface area contributed by atoms with Crippen molar-refractivity contribution in [2.45, 2.75) is 71.0 Å². The van der Waals surface area contributed by atoms with E-state index in [1.807, 2.05) is 108 Å². The molecule has 2 amide bonds. The van der Waals surface area contributed by atoms with E-state index in [4.69, 9.17) is 0 Å². The molecule has 1 N–H and O–H groups in total. The zero-order chi connectivity index (χ0) is 33.6. The Morgan fingerprint density at radius 3 is 2.04 bits per heavy atom. The van der Waals surface area contributed by atoms with E-state index in [0.29, 0.717) is 11.3 Å². The van der Waals surface area contributed by atoms with Crippen LogP contribution in [0.4, 0.5) is 5.69 Å². The van der Waals surface area contributed by atoms with Gasteiger partial charge >= 0.3 is 0 Å². The summed E-state index contributed by atoms with van der Waals surface area (Å²) in [5.41, 5.74) is 4.12. The van der Waals surface area contributed by atoms with E-state index in [1.165, 1.54) is 9.21 Å². The molecule has 4 aromatic carbocycles. The lowest BCUT2D eigenvalue weighted by atomic mass is 10.0. The highest BCUT2D eigenvalue weighted by atomic mass is 79.9. The SMILES string of the molecule is Cc1ccc(S(=O)(=O)N(CC(=O)N(Cc2cccc(Br)c2)C(Cc2ccccc2)C(=O)NC(C)(C)C)c2ccc(C)cc2C)cc1. The van der Waals surface area contributed by atoms with E-state index in [0.717, 1.165) is 26.7 Å². The molecule has 46 heavy (non-hydrogen) atoms. The summed E-state index contributed by atoms with van der Waals surface area (Å²) < 4.78 is 30.6. The first kappa shape index (κ1) is 34.9. The third kappa shape index (κ3) is 9.07. The third-order valence-electron chi connectivity index (χ3n) is 7.52. The summed E-state index contributed by atoms with van der Waals surface area (Å²) in [5, 5.41) is 3.06. The minimum absolute atomic E-state index is 0.0794. The van der Waals surface area contributed by atoms with Crippen LogP contribution in [0.15, 0.2) is 106 Å². The number of sulfonamides is 1. The zero-order valence-electron chi connectivity index (χ0n) is 27.2. The maximum absolute atomic E-state index is 14.7. The van der Waals surface area contributed by atoms with Crippen LogP contribution in [0.2, 0.25) is 0 Å². The van der Waals surface area contributed by atoms with E-state index in [2.05, 4.69) is 21.2 Å². The highest BCUT2D eigenvalue weighted by Gasteiger charge is 2.36. The van der Waals surface area contributed by atoms with Crippen LogP contribution < -0.4 is 9.62 Å². The van der Waals surface area contributed by atoms with Crippen LogP contribution >= 0.6 is 15.9 Å². The second-order valence-electron chi connectivity index (χ2n) is 12.7. The molecule has 9 heteroatoms. The van der Waals surface area contributed by atoms with Crippen LogP contribution in [-0.2, 0) is 32.6 Å². The van der Waals surface area contributed by atoms with Crippen molar-refractivity contribution in [2.75, 3.05) is 10.8 Å². The summed E-state index contributed by atoms with van der Waals surface area (Å²) in [5.74, 6) is -0.820. The predicted molar refractivity (Wildman–Crippen MR) is 188 cm³/mol. The van der Waals surface area contributed by atoms with Gasteiger partial charge in [-0.05, 0) is 88.6 Å². The molecule has 0 radical (unpaired) electrons. The first-order valence-corrected chi connectivity index (χ1v) is 17.4. The number of amides is 2. The molecule has 0 heterocycles. The van der Waals surface area contributed by atoms with E-state index in [-0.39, 0.29) is 23.8 Å².